The molecule has 5 rings (SSSR count). The summed E-state index contributed by atoms with van der Waals surface area (Å²) in [7, 11) is 0. The van der Waals surface area contributed by atoms with E-state index in [4.69, 9.17) is 4.74 Å². The molecule has 2 heteroatoms. The van der Waals surface area contributed by atoms with E-state index in [0.717, 1.165) is 30.8 Å². The van der Waals surface area contributed by atoms with Crippen molar-refractivity contribution in [2.45, 2.75) is 71.8 Å². The minimum atomic E-state index is 0.345. The second-order valence-electron chi connectivity index (χ2n) is 9.81. The number of pyridine rings is 1. The van der Waals surface area contributed by atoms with E-state index in [9.17, 15) is 0 Å². The standard InChI is InChI=1S/C24H33NO/c1-4-16-13-17(15-25-14-16)19-6-7-20-18-5-8-22-24(3,11-12-26-22)21(18)9-10-23(19,20)2/h6,13-15,18,20-22H,4-5,7-12H2,1-3H3/t18-,20-,21-,22?,23+,24+/m0/s1. The third kappa shape index (κ3) is 2.24. The summed E-state index contributed by atoms with van der Waals surface area (Å²) in [6.45, 7) is 8.32. The van der Waals surface area contributed by atoms with Gasteiger partial charge >= 0.3 is 0 Å². The second kappa shape index (κ2) is 5.92. The summed E-state index contributed by atoms with van der Waals surface area (Å²) in [6.07, 6.45) is 16.2. The SMILES string of the molecule is CCc1cncc(C2=CC[C@H]3[C@@H]4CCC5OCC[C@]5(C)[C@H]4CC[C@]23C)c1. The molecule has 0 aromatic carbocycles. The van der Waals surface area contributed by atoms with Crippen molar-refractivity contribution < 1.29 is 4.74 Å². The lowest BCUT2D eigenvalue weighted by atomic mass is 9.48. The maximum Gasteiger partial charge on any atom is 0.0632 e. The molecule has 1 aliphatic heterocycles. The van der Waals surface area contributed by atoms with Crippen LogP contribution in [-0.2, 0) is 11.2 Å². The third-order valence-electron chi connectivity index (χ3n) is 8.84. The van der Waals surface area contributed by atoms with E-state index >= 15 is 0 Å². The monoisotopic (exact) mass is 351 g/mol. The van der Waals surface area contributed by atoms with E-state index in [1.165, 1.54) is 49.7 Å². The molecule has 2 heterocycles. The number of aromatic nitrogens is 1. The van der Waals surface area contributed by atoms with Gasteiger partial charge in [-0.05, 0) is 96.3 Å². The molecular weight excluding hydrogens is 318 g/mol. The molecule has 1 unspecified atom stereocenters. The molecule has 1 aromatic heterocycles. The van der Waals surface area contributed by atoms with E-state index in [2.05, 4.69) is 44.1 Å². The number of fused-ring (bicyclic) bond motifs is 5. The number of rotatable bonds is 2. The lowest BCUT2D eigenvalue weighted by molar-refractivity contribution is -0.0889. The van der Waals surface area contributed by atoms with Gasteiger partial charge in [-0.2, -0.15) is 0 Å². The van der Waals surface area contributed by atoms with Crippen LogP contribution in [-0.4, -0.2) is 17.7 Å². The lowest BCUT2D eigenvalue weighted by Gasteiger charge is -2.56. The zero-order chi connectivity index (χ0) is 17.9. The lowest BCUT2D eigenvalue weighted by Crippen LogP contribution is -2.51. The second-order valence-corrected chi connectivity index (χ2v) is 9.81. The molecule has 0 spiro atoms. The van der Waals surface area contributed by atoms with Crippen molar-refractivity contribution in [1.29, 1.82) is 0 Å². The molecule has 26 heavy (non-hydrogen) atoms. The molecule has 140 valence electrons. The fourth-order valence-electron chi connectivity index (χ4n) is 7.31. The normalized spacial score (nSPS) is 44.2. The average molecular weight is 352 g/mol. The van der Waals surface area contributed by atoms with Gasteiger partial charge in [0.05, 0.1) is 6.10 Å². The molecule has 0 radical (unpaired) electrons. The number of nitrogens with zero attached hydrogens (tertiary/aromatic N) is 1. The van der Waals surface area contributed by atoms with Crippen molar-refractivity contribution in [3.8, 4) is 0 Å². The Kier molecular flexibility index (Phi) is 3.87. The number of hydrogen-bond acceptors (Lipinski definition) is 2. The highest BCUT2D eigenvalue weighted by molar-refractivity contribution is 5.72. The highest BCUT2D eigenvalue weighted by Crippen LogP contribution is 2.66. The summed E-state index contributed by atoms with van der Waals surface area (Å²) in [5, 5.41) is 0. The van der Waals surface area contributed by atoms with Crippen molar-refractivity contribution in [1.82, 2.24) is 4.98 Å². The first-order chi connectivity index (χ1) is 12.6. The van der Waals surface area contributed by atoms with Crippen molar-refractivity contribution >= 4 is 5.57 Å². The molecule has 3 aliphatic carbocycles. The van der Waals surface area contributed by atoms with Crippen molar-refractivity contribution in [3.63, 3.8) is 0 Å². The topological polar surface area (TPSA) is 22.1 Å². The predicted molar refractivity (Wildman–Crippen MR) is 106 cm³/mol. The summed E-state index contributed by atoms with van der Waals surface area (Å²) >= 11 is 0. The van der Waals surface area contributed by atoms with E-state index < -0.39 is 0 Å². The number of aryl methyl sites for hydroxylation is 1. The number of allylic oxidation sites excluding steroid dienone is 2. The third-order valence-corrected chi connectivity index (χ3v) is 8.84. The summed E-state index contributed by atoms with van der Waals surface area (Å²) in [5.41, 5.74) is 5.13. The fraction of sp³-hybridized carbons (Fsp3) is 0.708. The van der Waals surface area contributed by atoms with Gasteiger partial charge in [-0.25, -0.2) is 0 Å². The smallest absolute Gasteiger partial charge is 0.0632 e. The quantitative estimate of drug-likeness (QED) is 0.685. The maximum absolute atomic E-state index is 6.14. The minimum absolute atomic E-state index is 0.345. The first-order valence-electron chi connectivity index (χ1n) is 10.8. The Labute approximate surface area is 158 Å². The number of ether oxygens (including phenoxy) is 1. The zero-order valence-electron chi connectivity index (χ0n) is 16.6. The zero-order valence-corrected chi connectivity index (χ0v) is 16.6. The molecule has 0 amide bonds. The first kappa shape index (κ1) is 17.0. The van der Waals surface area contributed by atoms with E-state index in [-0.39, 0.29) is 0 Å². The Bertz CT molecular complexity index is 739. The van der Waals surface area contributed by atoms with Crippen LogP contribution in [0, 0.1) is 28.6 Å². The summed E-state index contributed by atoms with van der Waals surface area (Å²) in [5.74, 6) is 2.57. The molecule has 3 fully saturated rings. The van der Waals surface area contributed by atoms with Crippen LogP contribution < -0.4 is 0 Å². The Morgan fingerprint density at radius 3 is 2.85 bits per heavy atom. The van der Waals surface area contributed by atoms with Crippen LogP contribution in [0.1, 0.15) is 70.4 Å². The van der Waals surface area contributed by atoms with Gasteiger partial charge in [0.15, 0.2) is 0 Å². The average Bonchev–Trinajstić information content (AvgIpc) is 3.21. The fourth-order valence-corrected chi connectivity index (χ4v) is 7.31. The summed E-state index contributed by atoms with van der Waals surface area (Å²) in [4.78, 5) is 4.55. The van der Waals surface area contributed by atoms with Crippen molar-refractivity contribution in [3.05, 3.63) is 35.7 Å². The van der Waals surface area contributed by atoms with Crippen LogP contribution in [0.3, 0.4) is 0 Å². The Morgan fingerprint density at radius 1 is 1.12 bits per heavy atom. The van der Waals surface area contributed by atoms with Gasteiger partial charge in [0, 0.05) is 19.0 Å². The molecule has 0 N–H and O–H groups in total. The maximum atomic E-state index is 6.14. The van der Waals surface area contributed by atoms with Crippen LogP contribution in [0.2, 0.25) is 0 Å². The largest absolute Gasteiger partial charge is 0.378 e. The van der Waals surface area contributed by atoms with E-state index in [1.54, 1.807) is 5.57 Å². The van der Waals surface area contributed by atoms with Gasteiger partial charge in [0.1, 0.15) is 0 Å². The highest BCUT2D eigenvalue weighted by atomic mass is 16.5. The molecular formula is C24H33NO. The van der Waals surface area contributed by atoms with Gasteiger partial charge in [0.25, 0.3) is 0 Å². The van der Waals surface area contributed by atoms with E-state index in [0.29, 0.717) is 16.9 Å². The van der Waals surface area contributed by atoms with E-state index in [1.807, 2.05) is 6.20 Å². The van der Waals surface area contributed by atoms with Crippen LogP contribution in [0.15, 0.2) is 24.5 Å². The molecule has 1 saturated heterocycles. The minimum Gasteiger partial charge on any atom is -0.378 e. The van der Waals surface area contributed by atoms with Gasteiger partial charge in [0.2, 0.25) is 0 Å². The molecule has 4 aliphatic rings. The van der Waals surface area contributed by atoms with Gasteiger partial charge in [-0.15, -0.1) is 0 Å². The highest BCUT2D eigenvalue weighted by Gasteiger charge is 2.59. The molecule has 2 nitrogen and oxygen atoms in total. The van der Waals surface area contributed by atoms with Gasteiger partial charge < -0.3 is 4.74 Å². The summed E-state index contributed by atoms with van der Waals surface area (Å²) < 4.78 is 6.14. The van der Waals surface area contributed by atoms with Crippen molar-refractivity contribution in [2.75, 3.05) is 6.61 Å². The molecule has 2 saturated carbocycles. The van der Waals surface area contributed by atoms with Crippen molar-refractivity contribution in [2.24, 2.45) is 28.6 Å². The van der Waals surface area contributed by atoms with Crippen LogP contribution in [0.25, 0.3) is 5.57 Å². The number of hydrogen-bond donors (Lipinski definition) is 0. The van der Waals surface area contributed by atoms with Crippen LogP contribution >= 0.6 is 0 Å². The first-order valence-corrected chi connectivity index (χ1v) is 10.8. The predicted octanol–water partition coefficient (Wildman–Crippen LogP) is 5.67. The van der Waals surface area contributed by atoms with Gasteiger partial charge in [-0.1, -0.05) is 26.8 Å². The van der Waals surface area contributed by atoms with Crippen LogP contribution in [0.4, 0.5) is 0 Å². The molecule has 0 bridgehead atoms. The molecule has 6 atom stereocenters. The van der Waals surface area contributed by atoms with Gasteiger partial charge in [-0.3, -0.25) is 4.98 Å². The summed E-state index contributed by atoms with van der Waals surface area (Å²) in [6, 6.07) is 2.39. The van der Waals surface area contributed by atoms with Crippen LogP contribution in [0.5, 0.6) is 0 Å². The Hall–Kier alpha value is -1.15. The Morgan fingerprint density at radius 2 is 2.00 bits per heavy atom. The molecule has 1 aromatic rings. The Balaban J connectivity index is 1.46.